The predicted molar refractivity (Wildman–Crippen MR) is 66.8 cm³/mol. The molecule has 0 aliphatic carbocycles. The fraction of sp³-hybridized carbons (Fsp3) is 0.500. The summed E-state index contributed by atoms with van der Waals surface area (Å²) in [6, 6.07) is 4.10. The van der Waals surface area contributed by atoms with Gasteiger partial charge in [0, 0.05) is 6.54 Å². The van der Waals surface area contributed by atoms with Crippen molar-refractivity contribution in [3.63, 3.8) is 0 Å². The van der Waals surface area contributed by atoms with Gasteiger partial charge in [0.25, 0.3) is 0 Å². The SMILES string of the molecule is CC(C)CNCc1cc(Br)c2c(c1)OCO2. The van der Waals surface area contributed by atoms with E-state index in [4.69, 9.17) is 9.47 Å². The van der Waals surface area contributed by atoms with Gasteiger partial charge in [0.1, 0.15) is 0 Å². The third-order valence-corrected chi connectivity index (χ3v) is 2.96. The molecule has 4 heteroatoms. The van der Waals surface area contributed by atoms with Crippen LogP contribution in [0.25, 0.3) is 0 Å². The lowest BCUT2D eigenvalue weighted by atomic mass is 10.2. The summed E-state index contributed by atoms with van der Waals surface area (Å²) < 4.78 is 11.7. The molecule has 0 bridgehead atoms. The van der Waals surface area contributed by atoms with E-state index in [2.05, 4.69) is 41.2 Å². The average Bonchev–Trinajstić information content (AvgIpc) is 2.65. The Labute approximate surface area is 104 Å². The molecule has 1 aliphatic heterocycles. The molecule has 1 aromatic carbocycles. The van der Waals surface area contributed by atoms with Gasteiger partial charge in [0.15, 0.2) is 11.5 Å². The summed E-state index contributed by atoms with van der Waals surface area (Å²) in [6.45, 7) is 6.58. The number of ether oxygens (including phenoxy) is 2. The number of hydrogen-bond acceptors (Lipinski definition) is 3. The normalized spacial score (nSPS) is 13.5. The Balaban J connectivity index is 2.03. The fourth-order valence-electron chi connectivity index (χ4n) is 1.63. The van der Waals surface area contributed by atoms with Crippen molar-refractivity contribution in [3.05, 3.63) is 22.2 Å². The highest BCUT2D eigenvalue weighted by molar-refractivity contribution is 9.10. The van der Waals surface area contributed by atoms with E-state index in [1.807, 2.05) is 6.07 Å². The summed E-state index contributed by atoms with van der Waals surface area (Å²) in [6.07, 6.45) is 0. The van der Waals surface area contributed by atoms with Gasteiger partial charge < -0.3 is 14.8 Å². The van der Waals surface area contributed by atoms with Crippen LogP contribution >= 0.6 is 15.9 Å². The maximum absolute atomic E-state index is 5.37. The minimum atomic E-state index is 0.316. The molecule has 0 unspecified atom stereocenters. The third-order valence-electron chi connectivity index (χ3n) is 2.37. The minimum Gasteiger partial charge on any atom is -0.454 e. The molecule has 0 spiro atoms. The Kier molecular flexibility index (Phi) is 3.71. The second-order valence-electron chi connectivity index (χ2n) is 4.34. The van der Waals surface area contributed by atoms with Crippen LogP contribution in [0.15, 0.2) is 16.6 Å². The third kappa shape index (κ3) is 2.68. The van der Waals surface area contributed by atoms with E-state index in [9.17, 15) is 0 Å². The van der Waals surface area contributed by atoms with Gasteiger partial charge in [0.05, 0.1) is 4.47 Å². The zero-order valence-corrected chi connectivity index (χ0v) is 11.1. The Bertz CT molecular complexity index is 380. The van der Waals surface area contributed by atoms with Gasteiger partial charge in [-0.05, 0) is 46.1 Å². The highest BCUT2D eigenvalue weighted by Crippen LogP contribution is 2.39. The van der Waals surface area contributed by atoms with Gasteiger partial charge in [-0.3, -0.25) is 0 Å². The summed E-state index contributed by atoms with van der Waals surface area (Å²) >= 11 is 3.49. The van der Waals surface area contributed by atoms with Crippen molar-refractivity contribution in [3.8, 4) is 11.5 Å². The quantitative estimate of drug-likeness (QED) is 0.923. The average molecular weight is 286 g/mol. The van der Waals surface area contributed by atoms with Crippen LogP contribution in [0.1, 0.15) is 19.4 Å². The van der Waals surface area contributed by atoms with Gasteiger partial charge in [-0.2, -0.15) is 0 Å². The highest BCUT2D eigenvalue weighted by Gasteiger charge is 2.17. The largest absolute Gasteiger partial charge is 0.454 e. The molecule has 1 N–H and O–H groups in total. The zero-order chi connectivity index (χ0) is 11.5. The van der Waals surface area contributed by atoms with E-state index in [0.29, 0.717) is 12.7 Å². The molecular weight excluding hydrogens is 270 g/mol. The lowest BCUT2D eigenvalue weighted by Gasteiger charge is -2.08. The van der Waals surface area contributed by atoms with Crippen molar-refractivity contribution < 1.29 is 9.47 Å². The molecule has 0 radical (unpaired) electrons. The van der Waals surface area contributed by atoms with Gasteiger partial charge in [0.2, 0.25) is 6.79 Å². The molecular formula is C12H16BrNO2. The predicted octanol–water partition coefficient (Wildman–Crippen LogP) is 2.92. The van der Waals surface area contributed by atoms with Gasteiger partial charge in [-0.1, -0.05) is 13.8 Å². The molecule has 0 saturated carbocycles. The minimum absolute atomic E-state index is 0.316. The highest BCUT2D eigenvalue weighted by atomic mass is 79.9. The Hall–Kier alpha value is -0.740. The lowest BCUT2D eigenvalue weighted by molar-refractivity contribution is 0.173. The number of halogens is 1. The van der Waals surface area contributed by atoms with Crippen LogP contribution in [-0.2, 0) is 6.54 Å². The number of nitrogens with one attached hydrogen (secondary N) is 1. The Morgan fingerprint density at radius 2 is 2.19 bits per heavy atom. The number of benzene rings is 1. The van der Waals surface area contributed by atoms with Crippen LogP contribution < -0.4 is 14.8 Å². The van der Waals surface area contributed by atoms with E-state index < -0.39 is 0 Å². The fourth-order valence-corrected chi connectivity index (χ4v) is 2.23. The summed E-state index contributed by atoms with van der Waals surface area (Å²) in [5, 5.41) is 3.40. The molecule has 0 amide bonds. The van der Waals surface area contributed by atoms with Gasteiger partial charge >= 0.3 is 0 Å². The van der Waals surface area contributed by atoms with E-state index in [-0.39, 0.29) is 0 Å². The van der Waals surface area contributed by atoms with Crippen molar-refractivity contribution in [2.75, 3.05) is 13.3 Å². The van der Waals surface area contributed by atoms with E-state index in [0.717, 1.165) is 29.1 Å². The maximum Gasteiger partial charge on any atom is 0.231 e. The molecule has 1 aliphatic rings. The molecule has 0 aromatic heterocycles. The monoisotopic (exact) mass is 285 g/mol. The molecule has 1 aromatic rings. The second kappa shape index (κ2) is 5.06. The summed E-state index contributed by atoms with van der Waals surface area (Å²) in [4.78, 5) is 0. The van der Waals surface area contributed by atoms with Crippen molar-refractivity contribution >= 4 is 15.9 Å². The Morgan fingerprint density at radius 3 is 2.94 bits per heavy atom. The first kappa shape index (κ1) is 11.7. The second-order valence-corrected chi connectivity index (χ2v) is 5.19. The standard InChI is InChI=1S/C12H16BrNO2/c1-8(2)5-14-6-9-3-10(13)12-11(4-9)15-7-16-12/h3-4,8,14H,5-7H2,1-2H3. The van der Waals surface area contributed by atoms with Crippen molar-refractivity contribution in [2.24, 2.45) is 5.92 Å². The van der Waals surface area contributed by atoms with E-state index in [1.165, 1.54) is 5.56 Å². The van der Waals surface area contributed by atoms with Crippen molar-refractivity contribution in [1.82, 2.24) is 5.32 Å². The van der Waals surface area contributed by atoms with Crippen LogP contribution in [-0.4, -0.2) is 13.3 Å². The van der Waals surface area contributed by atoms with Gasteiger partial charge in [-0.25, -0.2) is 0 Å². The Morgan fingerprint density at radius 1 is 1.38 bits per heavy atom. The lowest BCUT2D eigenvalue weighted by Crippen LogP contribution is -2.18. The topological polar surface area (TPSA) is 30.5 Å². The molecule has 1 heterocycles. The molecule has 88 valence electrons. The zero-order valence-electron chi connectivity index (χ0n) is 9.55. The first-order valence-electron chi connectivity index (χ1n) is 5.45. The van der Waals surface area contributed by atoms with Crippen molar-refractivity contribution in [1.29, 1.82) is 0 Å². The van der Waals surface area contributed by atoms with E-state index in [1.54, 1.807) is 0 Å². The van der Waals surface area contributed by atoms with Gasteiger partial charge in [-0.15, -0.1) is 0 Å². The molecule has 0 fully saturated rings. The van der Waals surface area contributed by atoms with Crippen LogP contribution in [0.2, 0.25) is 0 Å². The molecule has 0 atom stereocenters. The molecule has 3 nitrogen and oxygen atoms in total. The first-order valence-corrected chi connectivity index (χ1v) is 6.25. The van der Waals surface area contributed by atoms with Crippen LogP contribution in [0, 0.1) is 5.92 Å². The summed E-state index contributed by atoms with van der Waals surface area (Å²) in [5.74, 6) is 2.31. The number of fused-ring (bicyclic) bond motifs is 1. The number of hydrogen-bond donors (Lipinski definition) is 1. The number of rotatable bonds is 4. The van der Waals surface area contributed by atoms with Crippen LogP contribution in [0.4, 0.5) is 0 Å². The van der Waals surface area contributed by atoms with Crippen LogP contribution in [0.3, 0.4) is 0 Å². The van der Waals surface area contributed by atoms with Crippen LogP contribution in [0.5, 0.6) is 11.5 Å². The summed E-state index contributed by atoms with van der Waals surface area (Å²) in [5.41, 5.74) is 1.21. The molecule has 0 saturated heterocycles. The van der Waals surface area contributed by atoms with Crippen molar-refractivity contribution in [2.45, 2.75) is 20.4 Å². The summed E-state index contributed by atoms with van der Waals surface area (Å²) in [7, 11) is 0. The molecule has 2 rings (SSSR count). The molecule has 16 heavy (non-hydrogen) atoms. The smallest absolute Gasteiger partial charge is 0.231 e. The first-order chi connectivity index (χ1) is 7.66. The van der Waals surface area contributed by atoms with E-state index >= 15 is 0 Å². The maximum atomic E-state index is 5.37.